The summed E-state index contributed by atoms with van der Waals surface area (Å²) in [5.74, 6) is 6.22. The first kappa shape index (κ1) is 20.1. The molecule has 0 aliphatic heterocycles. The third kappa shape index (κ3) is 8.26. The van der Waals surface area contributed by atoms with Crippen LogP contribution in [-0.2, 0) is 17.7 Å². The molecule has 0 aliphatic rings. The molecule has 0 radical (unpaired) electrons. The lowest BCUT2D eigenvalue weighted by Crippen LogP contribution is -2.51. The molecule has 2 aromatic carbocycles. The molecule has 0 bridgehead atoms. The number of alkyl carbamates (subject to hydrolysis) is 1. The standard InChI is InChI=1S/C27H34N4O3/c1-27(2,3)34-26(33)30-24(17-20-9-5-4-6-10-20)25(32)19-31(28)18-21-12-14-22(15-13-21)23-11-7-8-16-29-23/h4-16,24-25,32H,17-19,28H2,1-3H3,(H,30,33)/t24-,25-/m0/s1/i7D,8D,11D,16D. The van der Waals surface area contributed by atoms with E-state index in [1.807, 2.05) is 30.3 Å². The summed E-state index contributed by atoms with van der Waals surface area (Å²) in [7, 11) is 0. The molecule has 3 rings (SSSR count). The first-order chi connectivity index (χ1) is 17.8. The lowest BCUT2D eigenvalue weighted by molar-refractivity contribution is 0.0357. The van der Waals surface area contributed by atoms with Crippen molar-refractivity contribution in [1.82, 2.24) is 15.3 Å². The Morgan fingerprint density at radius 2 is 1.85 bits per heavy atom. The van der Waals surface area contributed by atoms with Gasteiger partial charge in [0.25, 0.3) is 0 Å². The molecule has 0 saturated carbocycles. The van der Waals surface area contributed by atoms with Crippen LogP contribution >= 0.6 is 0 Å². The third-order valence-corrected chi connectivity index (χ3v) is 4.97. The molecule has 0 unspecified atom stereocenters. The first-order valence-corrected chi connectivity index (χ1v) is 11.1. The van der Waals surface area contributed by atoms with E-state index in [1.54, 1.807) is 45.0 Å². The Labute approximate surface area is 207 Å². The third-order valence-electron chi connectivity index (χ3n) is 4.97. The fraction of sp³-hybridized carbons (Fsp3) is 0.333. The van der Waals surface area contributed by atoms with E-state index in [0.717, 1.165) is 11.1 Å². The van der Waals surface area contributed by atoms with Crippen LogP contribution in [0.25, 0.3) is 11.3 Å². The summed E-state index contributed by atoms with van der Waals surface area (Å²) in [5.41, 5.74) is 1.80. The summed E-state index contributed by atoms with van der Waals surface area (Å²) < 4.78 is 36.7. The van der Waals surface area contributed by atoms with Gasteiger partial charge in [-0.3, -0.25) is 10.8 Å². The van der Waals surface area contributed by atoms with Gasteiger partial charge in [0.2, 0.25) is 0 Å². The molecule has 4 N–H and O–H groups in total. The molecule has 0 fully saturated rings. The Morgan fingerprint density at radius 1 is 1.15 bits per heavy atom. The van der Waals surface area contributed by atoms with E-state index in [4.69, 9.17) is 16.1 Å². The van der Waals surface area contributed by atoms with Crippen LogP contribution in [0, 0.1) is 0 Å². The topological polar surface area (TPSA) is 101 Å². The summed E-state index contributed by atoms with van der Waals surface area (Å²) in [6.45, 7) is 5.67. The Bertz CT molecular complexity index is 1240. The number of pyridine rings is 1. The molecule has 3 aromatic rings. The number of nitrogens with one attached hydrogen (secondary N) is 1. The van der Waals surface area contributed by atoms with Crippen molar-refractivity contribution in [2.75, 3.05) is 6.54 Å². The minimum Gasteiger partial charge on any atom is -0.444 e. The van der Waals surface area contributed by atoms with Gasteiger partial charge in [0, 0.05) is 24.8 Å². The summed E-state index contributed by atoms with van der Waals surface area (Å²) in [6, 6.07) is 14.9. The summed E-state index contributed by atoms with van der Waals surface area (Å²) in [5, 5.41) is 15.2. The highest BCUT2D eigenvalue weighted by Gasteiger charge is 2.26. The number of carbonyl (C=O) groups is 1. The SMILES string of the molecule is [2H]c1nc(-c2ccc(CN(N)C[C@H](O)[C@H](Cc3ccccc3)NC(=O)OC(C)(C)C)cc2)c([2H])c([2H])c1[2H]. The number of aliphatic hydroxyl groups is 1. The lowest BCUT2D eigenvalue weighted by atomic mass is 10.0. The van der Waals surface area contributed by atoms with E-state index in [-0.39, 0.29) is 36.5 Å². The van der Waals surface area contributed by atoms with Crippen LogP contribution in [0.1, 0.15) is 37.4 Å². The predicted octanol–water partition coefficient (Wildman–Crippen LogP) is 3.92. The van der Waals surface area contributed by atoms with Crippen molar-refractivity contribution < 1.29 is 20.1 Å². The second-order valence-electron chi connectivity index (χ2n) is 9.08. The Morgan fingerprint density at radius 3 is 2.53 bits per heavy atom. The number of carbonyl (C=O) groups excluding carboxylic acids is 1. The van der Waals surface area contributed by atoms with Gasteiger partial charge in [0.15, 0.2) is 0 Å². The van der Waals surface area contributed by atoms with Crippen LogP contribution in [0.3, 0.4) is 0 Å². The minimum atomic E-state index is -0.989. The van der Waals surface area contributed by atoms with E-state index < -0.39 is 23.8 Å². The number of benzene rings is 2. The van der Waals surface area contributed by atoms with Crippen molar-refractivity contribution in [2.24, 2.45) is 5.84 Å². The van der Waals surface area contributed by atoms with Crippen molar-refractivity contribution in [3.8, 4) is 11.3 Å². The summed E-state index contributed by atoms with van der Waals surface area (Å²) >= 11 is 0. The van der Waals surface area contributed by atoms with Gasteiger partial charge in [-0.15, -0.1) is 0 Å². The number of nitrogens with two attached hydrogens (primary N) is 1. The number of rotatable bonds is 9. The number of hydrazine groups is 1. The van der Waals surface area contributed by atoms with E-state index in [9.17, 15) is 9.90 Å². The molecule has 1 aromatic heterocycles. The van der Waals surface area contributed by atoms with Crippen molar-refractivity contribution in [2.45, 2.75) is 51.5 Å². The van der Waals surface area contributed by atoms with Crippen molar-refractivity contribution in [3.63, 3.8) is 0 Å². The quantitative estimate of drug-likeness (QED) is 0.326. The van der Waals surface area contributed by atoms with E-state index in [2.05, 4.69) is 10.3 Å². The van der Waals surface area contributed by atoms with Gasteiger partial charge in [-0.1, -0.05) is 60.6 Å². The van der Waals surface area contributed by atoms with Crippen molar-refractivity contribution in [3.05, 3.63) is 90.0 Å². The normalized spacial score (nSPS) is 15.0. The highest BCUT2D eigenvalue weighted by Crippen LogP contribution is 2.17. The molecular weight excluding hydrogens is 428 g/mol. The smallest absolute Gasteiger partial charge is 0.407 e. The van der Waals surface area contributed by atoms with Crippen LogP contribution in [0.4, 0.5) is 4.79 Å². The number of aromatic nitrogens is 1. The number of hydrogen-bond donors (Lipinski definition) is 3. The molecular formula is C27H34N4O3. The largest absolute Gasteiger partial charge is 0.444 e. The van der Waals surface area contributed by atoms with Crippen LogP contribution in [0.5, 0.6) is 0 Å². The van der Waals surface area contributed by atoms with E-state index in [0.29, 0.717) is 18.5 Å². The molecule has 0 saturated heterocycles. The van der Waals surface area contributed by atoms with E-state index in [1.165, 1.54) is 5.01 Å². The van der Waals surface area contributed by atoms with Gasteiger partial charge in [0.05, 0.1) is 23.3 Å². The summed E-state index contributed by atoms with van der Waals surface area (Å²) in [6.07, 6.45) is -1.57. The molecule has 1 heterocycles. The highest BCUT2D eigenvalue weighted by molar-refractivity contribution is 5.68. The van der Waals surface area contributed by atoms with E-state index >= 15 is 0 Å². The average molecular weight is 467 g/mol. The van der Waals surface area contributed by atoms with Crippen LogP contribution in [0.2, 0.25) is 0 Å². The molecule has 34 heavy (non-hydrogen) atoms. The van der Waals surface area contributed by atoms with Gasteiger partial charge in [-0.05, 0) is 50.4 Å². The zero-order chi connectivity index (χ0) is 28.0. The van der Waals surface area contributed by atoms with Gasteiger partial charge >= 0.3 is 6.09 Å². The molecule has 1 amide bonds. The Hall–Kier alpha value is -3.26. The van der Waals surface area contributed by atoms with Gasteiger partial charge in [0.1, 0.15) is 5.60 Å². The first-order valence-electron chi connectivity index (χ1n) is 13.1. The number of hydrogen-bond acceptors (Lipinski definition) is 6. The maximum Gasteiger partial charge on any atom is 0.407 e. The maximum atomic E-state index is 12.4. The molecule has 0 aliphatic carbocycles. The monoisotopic (exact) mass is 466 g/mol. The van der Waals surface area contributed by atoms with Crippen LogP contribution in [0.15, 0.2) is 78.9 Å². The number of ether oxygens (including phenoxy) is 1. The average Bonchev–Trinajstić information content (AvgIpc) is 2.84. The molecule has 2 atom stereocenters. The molecule has 7 heteroatoms. The van der Waals surface area contributed by atoms with Crippen LogP contribution < -0.4 is 11.2 Å². The number of amides is 1. The highest BCUT2D eigenvalue weighted by atomic mass is 16.6. The fourth-order valence-electron chi connectivity index (χ4n) is 3.41. The Kier molecular flexibility index (Phi) is 6.96. The lowest BCUT2D eigenvalue weighted by Gasteiger charge is -2.29. The maximum absolute atomic E-state index is 12.4. The second kappa shape index (κ2) is 11.7. The van der Waals surface area contributed by atoms with Gasteiger partial charge in [-0.25, -0.2) is 9.80 Å². The zero-order valence-electron chi connectivity index (χ0n) is 23.7. The summed E-state index contributed by atoms with van der Waals surface area (Å²) in [4.78, 5) is 16.4. The van der Waals surface area contributed by atoms with Crippen molar-refractivity contribution >= 4 is 6.09 Å². The molecule has 180 valence electrons. The zero-order valence-corrected chi connectivity index (χ0v) is 19.7. The van der Waals surface area contributed by atoms with Gasteiger partial charge in [-0.2, -0.15) is 0 Å². The predicted molar refractivity (Wildman–Crippen MR) is 134 cm³/mol. The second-order valence-corrected chi connectivity index (χ2v) is 9.08. The Balaban J connectivity index is 1.67. The molecule has 0 spiro atoms. The number of nitrogens with zero attached hydrogens (tertiary/aromatic N) is 2. The minimum absolute atomic E-state index is 0.0723. The van der Waals surface area contributed by atoms with Crippen molar-refractivity contribution in [1.29, 1.82) is 0 Å². The number of aliphatic hydroxyl groups excluding tert-OH is 1. The fourth-order valence-corrected chi connectivity index (χ4v) is 3.41. The van der Waals surface area contributed by atoms with Gasteiger partial charge < -0.3 is 15.2 Å². The molecule has 7 nitrogen and oxygen atoms in total. The van der Waals surface area contributed by atoms with Crippen LogP contribution in [-0.4, -0.2) is 45.5 Å².